The zero-order valence-electron chi connectivity index (χ0n) is 15.4. The van der Waals surface area contributed by atoms with E-state index in [1.54, 1.807) is 0 Å². The molecule has 0 heterocycles. The smallest absolute Gasteiger partial charge is 0.220 e. The number of nitrogens with zero attached hydrogens (tertiary/aromatic N) is 1. The summed E-state index contributed by atoms with van der Waals surface area (Å²) in [5.74, 6) is 1.55. The highest BCUT2D eigenvalue weighted by Crippen LogP contribution is 2.25. The molecule has 3 N–H and O–H groups in total. The number of aliphatic imine (C=N–C) groups is 1. The van der Waals surface area contributed by atoms with Gasteiger partial charge in [-0.2, -0.15) is 0 Å². The molecule has 1 aliphatic carbocycles. The van der Waals surface area contributed by atoms with E-state index in [1.807, 2.05) is 25.1 Å². The van der Waals surface area contributed by atoms with Gasteiger partial charge in [0.2, 0.25) is 5.91 Å². The van der Waals surface area contributed by atoms with Gasteiger partial charge in [-0.05, 0) is 31.2 Å². The Morgan fingerprint density at radius 2 is 1.76 bits per heavy atom. The summed E-state index contributed by atoms with van der Waals surface area (Å²) in [7, 11) is 0. The molecule has 0 bridgehead atoms. The largest absolute Gasteiger partial charge is 0.357 e. The van der Waals surface area contributed by atoms with Gasteiger partial charge in [0.1, 0.15) is 0 Å². The van der Waals surface area contributed by atoms with E-state index in [2.05, 4.69) is 33.1 Å². The Morgan fingerprint density at radius 3 is 2.48 bits per heavy atom. The number of carbonyl (C=O) groups is 1. The molecule has 1 aromatic rings. The lowest BCUT2D eigenvalue weighted by atomic mass is 9.87. The van der Waals surface area contributed by atoms with Crippen molar-refractivity contribution in [2.45, 2.75) is 52.0 Å². The molecule has 25 heavy (non-hydrogen) atoms. The lowest BCUT2D eigenvalue weighted by molar-refractivity contribution is -0.122. The summed E-state index contributed by atoms with van der Waals surface area (Å²) in [6.07, 6.45) is 7.00. The molecule has 0 aromatic heterocycles. The van der Waals surface area contributed by atoms with Gasteiger partial charge in [0.05, 0.1) is 6.54 Å². The van der Waals surface area contributed by atoms with Gasteiger partial charge < -0.3 is 16.0 Å². The summed E-state index contributed by atoms with van der Waals surface area (Å²) < 4.78 is 0. The third kappa shape index (κ3) is 8.05. The van der Waals surface area contributed by atoms with Crippen LogP contribution in [0.2, 0.25) is 0 Å². The molecule has 138 valence electrons. The van der Waals surface area contributed by atoms with E-state index in [9.17, 15) is 4.79 Å². The van der Waals surface area contributed by atoms with E-state index >= 15 is 0 Å². The van der Waals surface area contributed by atoms with Crippen molar-refractivity contribution in [2.75, 3.05) is 19.6 Å². The molecular weight excluding hydrogens is 312 g/mol. The van der Waals surface area contributed by atoms with Gasteiger partial charge in [-0.1, -0.05) is 49.6 Å². The first kappa shape index (κ1) is 19.3. The molecule has 2 rings (SSSR count). The average Bonchev–Trinajstić information content (AvgIpc) is 2.65. The zero-order valence-corrected chi connectivity index (χ0v) is 15.4. The first-order chi connectivity index (χ1) is 12.3. The normalized spacial score (nSPS) is 15.6. The molecule has 5 heteroatoms. The molecule has 0 atom stereocenters. The molecule has 0 spiro atoms. The van der Waals surface area contributed by atoms with Crippen LogP contribution in [0.25, 0.3) is 0 Å². The lowest BCUT2D eigenvalue weighted by Gasteiger charge is -2.20. The quantitative estimate of drug-likeness (QED) is 0.386. The van der Waals surface area contributed by atoms with Crippen LogP contribution in [-0.2, 0) is 11.3 Å². The van der Waals surface area contributed by atoms with Gasteiger partial charge in [-0.25, -0.2) is 4.99 Å². The van der Waals surface area contributed by atoms with Crippen LogP contribution < -0.4 is 16.0 Å². The van der Waals surface area contributed by atoms with Crippen LogP contribution in [0.15, 0.2) is 35.3 Å². The van der Waals surface area contributed by atoms with Crippen LogP contribution in [0.5, 0.6) is 0 Å². The SMILES string of the molecule is CCNC(=NCc1ccccc1)NCCNC(=O)CC1CCCCC1. The number of hydrogen-bond donors (Lipinski definition) is 3. The van der Waals surface area contributed by atoms with Crippen LogP contribution in [0.4, 0.5) is 0 Å². The first-order valence-corrected chi connectivity index (χ1v) is 9.60. The molecule has 0 radical (unpaired) electrons. The predicted octanol–water partition coefficient (Wildman–Crippen LogP) is 2.83. The van der Waals surface area contributed by atoms with E-state index in [0.29, 0.717) is 32.0 Å². The minimum Gasteiger partial charge on any atom is -0.357 e. The van der Waals surface area contributed by atoms with E-state index in [0.717, 1.165) is 12.5 Å². The van der Waals surface area contributed by atoms with Crippen LogP contribution in [0, 0.1) is 5.92 Å². The Hall–Kier alpha value is -2.04. The fraction of sp³-hybridized carbons (Fsp3) is 0.600. The molecular formula is C20H32N4O. The second-order valence-electron chi connectivity index (χ2n) is 6.67. The summed E-state index contributed by atoms with van der Waals surface area (Å²) in [6.45, 7) is 4.81. The van der Waals surface area contributed by atoms with Gasteiger partial charge >= 0.3 is 0 Å². The Labute approximate surface area is 151 Å². The Kier molecular flexibility index (Phi) is 8.87. The minimum atomic E-state index is 0.180. The number of amides is 1. The molecule has 0 unspecified atom stereocenters. The summed E-state index contributed by atoms with van der Waals surface area (Å²) in [5.41, 5.74) is 1.18. The van der Waals surface area contributed by atoms with Gasteiger partial charge in [0.15, 0.2) is 5.96 Å². The van der Waals surface area contributed by atoms with Crippen LogP contribution in [0.3, 0.4) is 0 Å². The Balaban J connectivity index is 1.65. The maximum Gasteiger partial charge on any atom is 0.220 e. The second-order valence-corrected chi connectivity index (χ2v) is 6.67. The standard InChI is InChI=1S/C20H32N4O/c1-2-21-20(24-16-18-11-7-4-8-12-18)23-14-13-22-19(25)15-17-9-5-3-6-10-17/h4,7-8,11-12,17H,2-3,5-6,9-10,13-16H2,1H3,(H,22,25)(H2,21,23,24). The maximum atomic E-state index is 12.0. The summed E-state index contributed by atoms with van der Waals surface area (Å²) in [4.78, 5) is 16.6. The average molecular weight is 345 g/mol. The number of nitrogens with one attached hydrogen (secondary N) is 3. The van der Waals surface area contributed by atoms with Crippen molar-refractivity contribution in [1.82, 2.24) is 16.0 Å². The lowest BCUT2D eigenvalue weighted by Crippen LogP contribution is -2.41. The third-order valence-electron chi connectivity index (χ3n) is 4.55. The number of hydrogen-bond acceptors (Lipinski definition) is 2. The number of benzene rings is 1. The molecule has 1 aliphatic rings. The van der Waals surface area contributed by atoms with Gasteiger partial charge in [0.25, 0.3) is 0 Å². The van der Waals surface area contributed by atoms with Crippen molar-refractivity contribution < 1.29 is 4.79 Å². The highest BCUT2D eigenvalue weighted by Gasteiger charge is 2.16. The Bertz CT molecular complexity index is 524. The summed E-state index contributed by atoms with van der Waals surface area (Å²) in [5, 5.41) is 9.52. The van der Waals surface area contributed by atoms with Crippen molar-refractivity contribution in [1.29, 1.82) is 0 Å². The van der Waals surface area contributed by atoms with Crippen LogP contribution >= 0.6 is 0 Å². The van der Waals surface area contributed by atoms with E-state index in [4.69, 9.17) is 0 Å². The minimum absolute atomic E-state index is 0.180. The van der Waals surface area contributed by atoms with Crippen molar-refractivity contribution >= 4 is 11.9 Å². The molecule has 5 nitrogen and oxygen atoms in total. The van der Waals surface area contributed by atoms with Crippen molar-refractivity contribution in [3.8, 4) is 0 Å². The van der Waals surface area contributed by atoms with Crippen molar-refractivity contribution in [3.63, 3.8) is 0 Å². The van der Waals surface area contributed by atoms with Crippen molar-refractivity contribution in [2.24, 2.45) is 10.9 Å². The number of rotatable bonds is 8. The third-order valence-corrected chi connectivity index (χ3v) is 4.55. The van der Waals surface area contributed by atoms with E-state index in [1.165, 1.54) is 37.7 Å². The summed E-state index contributed by atoms with van der Waals surface area (Å²) >= 11 is 0. The molecule has 0 saturated heterocycles. The van der Waals surface area contributed by atoms with Gasteiger partial charge in [0, 0.05) is 26.1 Å². The second kappa shape index (κ2) is 11.5. The highest BCUT2D eigenvalue weighted by atomic mass is 16.1. The predicted molar refractivity (Wildman–Crippen MR) is 103 cm³/mol. The van der Waals surface area contributed by atoms with Crippen molar-refractivity contribution in [3.05, 3.63) is 35.9 Å². The van der Waals surface area contributed by atoms with Crippen LogP contribution in [0.1, 0.15) is 51.0 Å². The van der Waals surface area contributed by atoms with Gasteiger partial charge in [-0.3, -0.25) is 4.79 Å². The maximum absolute atomic E-state index is 12.0. The van der Waals surface area contributed by atoms with Crippen LogP contribution in [-0.4, -0.2) is 31.5 Å². The molecule has 1 saturated carbocycles. The van der Waals surface area contributed by atoms with Gasteiger partial charge in [-0.15, -0.1) is 0 Å². The highest BCUT2D eigenvalue weighted by molar-refractivity contribution is 5.80. The van der Waals surface area contributed by atoms with E-state index in [-0.39, 0.29) is 5.91 Å². The Morgan fingerprint density at radius 1 is 1.04 bits per heavy atom. The molecule has 1 amide bonds. The molecule has 1 fully saturated rings. The fourth-order valence-electron chi connectivity index (χ4n) is 3.20. The zero-order chi connectivity index (χ0) is 17.7. The van der Waals surface area contributed by atoms with E-state index < -0.39 is 0 Å². The summed E-state index contributed by atoms with van der Waals surface area (Å²) in [6, 6.07) is 10.2. The fourth-order valence-corrected chi connectivity index (χ4v) is 3.20. The molecule has 1 aromatic carbocycles. The monoisotopic (exact) mass is 344 g/mol. The topological polar surface area (TPSA) is 65.5 Å². The molecule has 0 aliphatic heterocycles. The number of guanidine groups is 1. The number of carbonyl (C=O) groups excluding carboxylic acids is 1. The first-order valence-electron chi connectivity index (χ1n) is 9.60.